The van der Waals surface area contributed by atoms with Gasteiger partial charge in [-0.05, 0) is 79.0 Å². The fourth-order valence-corrected chi connectivity index (χ4v) is 6.82. The number of urea groups is 1. The van der Waals surface area contributed by atoms with Crippen LogP contribution in [0.5, 0.6) is 0 Å². The van der Waals surface area contributed by atoms with Gasteiger partial charge < -0.3 is 21.1 Å². The monoisotopic (exact) mass is 675 g/mol. The summed E-state index contributed by atoms with van der Waals surface area (Å²) in [6.07, 6.45) is 6.95. The molecule has 244 valence electrons. The lowest BCUT2D eigenvalue weighted by Gasteiger charge is -2.19. The van der Waals surface area contributed by atoms with Crippen LogP contribution in [0.2, 0.25) is 10.0 Å². The molecule has 12 heteroatoms. The van der Waals surface area contributed by atoms with Crippen molar-refractivity contribution in [3.8, 4) is 0 Å². The number of hydrogen-bond donors (Lipinski definition) is 4. The number of hydrogen-bond acceptors (Lipinski definition) is 6. The van der Waals surface area contributed by atoms with E-state index < -0.39 is 16.1 Å². The fourth-order valence-electron chi connectivity index (χ4n) is 5.26. The quantitative estimate of drug-likeness (QED) is 0.0916. The van der Waals surface area contributed by atoms with E-state index >= 15 is 0 Å². The highest BCUT2D eigenvalue weighted by molar-refractivity contribution is 7.92. The average molecular weight is 677 g/mol. The van der Waals surface area contributed by atoms with Gasteiger partial charge in [-0.2, -0.15) is 0 Å². The maximum atomic E-state index is 13.0. The highest BCUT2D eigenvalue weighted by atomic mass is 35.5. The number of anilines is 3. The first kappa shape index (κ1) is 34.8. The van der Waals surface area contributed by atoms with Crippen molar-refractivity contribution in [1.82, 2.24) is 10.2 Å². The molecule has 9 nitrogen and oxygen atoms in total. The predicted molar refractivity (Wildman–Crippen MR) is 184 cm³/mol. The predicted octanol–water partition coefficient (Wildman–Crippen LogP) is 6.84. The van der Waals surface area contributed by atoms with Gasteiger partial charge in [-0.3, -0.25) is 9.62 Å². The van der Waals surface area contributed by atoms with E-state index in [1.54, 1.807) is 41.3 Å². The van der Waals surface area contributed by atoms with Crippen LogP contribution in [0.3, 0.4) is 0 Å². The Morgan fingerprint density at radius 1 is 0.933 bits per heavy atom. The average Bonchev–Trinajstić information content (AvgIpc) is 3.39. The van der Waals surface area contributed by atoms with Crippen molar-refractivity contribution in [1.29, 1.82) is 0 Å². The van der Waals surface area contributed by atoms with E-state index in [0.29, 0.717) is 59.6 Å². The summed E-state index contributed by atoms with van der Waals surface area (Å²) in [6.45, 7) is 5.13. The van der Waals surface area contributed by atoms with Gasteiger partial charge in [0.2, 0.25) is 0 Å². The van der Waals surface area contributed by atoms with Crippen LogP contribution in [0, 0.1) is 0 Å². The van der Waals surface area contributed by atoms with Crippen molar-refractivity contribution in [2.75, 3.05) is 48.1 Å². The number of nitrogens with two attached hydrogens (primary N) is 1. The molecule has 1 fully saturated rings. The third-order valence-corrected chi connectivity index (χ3v) is 9.98. The molecular weight excluding hydrogens is 633 g/mol. The van der Waals surface area contributed by atoms with Crippen LogP contribution in [0.15, 0.2) is 65.6 Å². The summed E-state index contributed by atoms with van der Waals surface area (Å²) in [5, 5.41) is 14.2. The number of amides is 2. The Kier molecular flexibility index (Phi) is 12.8. The Hall–Kier alpha value is -3.02. The summed E-state index contributed by atoms with van der Waals surface area (Å²) in [7, 11) is -3.81. The lowest BCUT2D eigenvalue weighted by atomic mass is 10.1. The molecule has 1 atom stereocenters. The standard InChI is InChI=1S/C33H43Cl2N5O4S/c1-2-3-4-5-6-7-18-39-19-20-40(33(39)42)27-12-14-28(15-13-27)45(43,44)38-26-10-8-24(9-11-26)16-17-37-23-31(41)25-21-29(34)32(36)30(35)22-25/h8-15,21-22,31,37-38,41H,2-7,16-20,23,36H2,1H3. The Balaban J connectivity index is 1.22. The second-order valence-electron chi connectivity index (χ2n) is 11.4. The van der Waals surface area contributed by atoms with E-state index in [9.17, 15) is 18.3 Å². The van der Waals surface area contributed by atoms with Crippen LogP contribution in [-0.2, 0) is 16.4 Å². The Morgan fingerprint density at radius 3 is 2.24 bits per heavy atom. The minimum Gasteiger partial charge on any atom is -0.396 e. The second-order valence-corrected chi connectivity index (χ2v) is 13.9. The molecule has 0 saturated carbocycles. The zero-order valence-electron chi connectivity index (χ0n) is 25.6. The molecule has 0 bridgehead atoms. The van der Waals surface area contributed by atoms with E-state index in [-0.39, 0.29) is 16.6 Å². The Labute approximate surface area is 276 Å². The van der Waals surface area contributed by atoms with Crippen molar-refractivity contribution in [2.45, 2.75) is 62.9 Å². The van der Waals surface area contributed by atoms with Gasteiger partial charge >= 0.3 is 6.03 Å². The molecule has 3 aromatic carbocycles. The molecule has 1 unspecified atom stereocenters. The fraction of sp³-hybridized carbons (Fsp3) is 0.424. The SMILES string of the molecule is CCCCCCCCN1CCN(c2ccc(S(=O)(=O)Nc3ccc(CCNCC(O)c4cc(Cl)c(N)c(Cl)c4)cc3)cc2)C1=O. The van der Waals surface area contributed by atoms with Crippen molar-refractivity contribution < 1.29 is 18.3 Å². The molecule has 0 aliphatic carbocycles. The van der Waals surface area contributed by atoms with E-state index in [4.69, 9.17) is 28.9 Å². The number of unbranched alkanes of at least 4 members (excludes halogenated alkanes) is 5. The highest BCUT2D eigenvalue weighted by Crippen LogP contribution is 2.31. The summed E-state index contributed by atoms with van der Waals surface area (Å²) >= 11 is 12.1. The highest BCUT2D eigenvalue weighted by Gasteiger charge is 2.29. The third-order valence-electron chi connectivity index (χ3n) is 7.96. The number of carbonyl (C=O) groups is 1. The number of benzene rings is 3. The molecular formula is C33H43Cl2N5O4S. The number of sulfonamides is 1. The van der Waals surface area contributed by atoms with Gasteiger partial charge in [0, 0.05) is 37.6 Å². The molecule has 1 aliphatic rings. The molecule has 45 heavy (non-hydrogen) atoms. The summed E-state index contributed by atoms with van der Waals surface area (Å²) in [5.74, 6) is 0. The first-order valence-electron chi connectivity index (χ1n) is 15.5. The second kappa shape index (κ2) is 16.5. The van der Waals surface area contributed by atoms with Gasteiger partial charge in [0.15, 0.2) is 0 Å². The number of rotatable bonds is 17. The summed E-state index contributed by atoms with van der Waals surface area (Å²) in [4.78, 5) is 16.6. The van der Waals surface area contributed by atoms with Gasteiger partial charge in [0.05, 0.1) is 26.7 Å². The smallest absolute Gasteiger partial charge is 0.324 e. The molecule has 1 aliphatic heterocycles. The first-order chi connectivity index (χ1) is 21.6. The Morgan fingerprint density at radius 2 is 1.58 bits per heavy atom. The summed E-state index contributed by atoms with van der Waals surface area (Å²) in [5.41, 5.74) is 8.76. The van der Waals surface area contributed by atoms with Crippen molar-refractivity contribution in [3.05, 3.63) is 81.8 Å². The number of carbonyl (C=O) groups excluding carboxylic acids is 1. The number of nitrogens with zero attached hydrogens (tertiary/aromatic N) is 2. The molecule has 4 rings (SSSR count). The lowest BCUT2D eigenvalue weighted by Crippen LogP contribution is -2.32. The van der Waals surface area contributed by atoms with E-state index in [1.807, 2.05) is 17.0 Å². The van der Waals surface area contributed by atoms with Gasteiger partial charge in [-0.1, -0.05) is 74.4 Å². The maximum absolute atomic E-state index is 13.0. The zero-order chi connectivity index (χ0) is 32.4. The van der Waals surface area contributed by atoms with Gasteiger partial charge in [-0.15, -0.1) is 0 Å². The van der Waals surface area contributed by atoms with E-state index in [2.05, 4.69) is 17.0 Å². The Bertz CT molecular complexity index is 1500. The zero-order valence-corrected chi connectivity index (χ0v) is 28.0. The van der Waals surface area contributed by atoms with Crippen LogP contribution in [0.1, 0.15) is 62.7 Å². The first-order valence-corrected chi connectivity index (χ1v) is 17.7. The lowest BCUT2D eigenvalue weighted by molar-refractivity contribution is 0.175. The topological polar surface area (TPSA) is 128 Å². The van der Waals surface area contributed by atoms with Crippen LogP contribution < -0.4 is 20.7 Å². The molecule has 3 aromatic rings. The van der Waals surface area contributed by atoms with Crippen molar-refractivity contribution >= 4 is 56.3 Å². The number of nitrogen functional groups attached to an aromatic ring is 1. The number of nitrogens with one attached hydrogen (secondary N) is 2. The van der Waals surface area contributed by atoms with Crippen LogP contribution >= 0.6 is 23.2 Å². The third kappa shape index (κ3) is 9.73. The largest absolute Gasteiger partial charge is 0.396 e. The van der Waals surface area contributed by atoms with Crippen molar-refractivity contribution in [2.24, 2.45) is 0 Å². The summed E-state index contributed by atoms with van der Waals surface area (Å²) in [6, 6.07) is 16.7. The van der Waals surface area contributed by atoms with Crippen LogP contribution in [0.25, 0.3) is 0 Å². The number of aliphatic hydroxyl groups is 1. The summed E-state index contributed by atoms with van der Waals surface area (Å²) < 4.78 is 28.7. The van der Waals surface area contributed by atoms with Crippen LogP contribution in [0.4, 0.5) is 21.9 Å². The molecule has 1 saturated heterocycles. The molecule has 0 aromatic heterocycles. The van der Waals surface area contributed by atoms with Gasteiger partial charge in [-0.25, -0.2) is 13.2 Å². The maximum Gasteiger partial charge on any atom is 0.324 e. The molecule has 2 amide bonds. The minimum atomic E-state index is -3.81. The molecule has 0 spiro atoms. The van der Waals surface area contributed by atoms with Crippen molar-refractivity contribution in [3.63, 3.8) is 0 Å². The number of aliphatic hydroxyl groups excluding tert-OH is 1. The molecule has 0 radical (unpaired) electrons. The van der Waals surface area contributed by atoms with E-state index in [1.165, 1.54) is 37.8 Å². The minimum absolute atomic E-state index is 0.0274. The normalized spacial score (nSPS) is 14.3. The van der Waals surface area contributed by atoms with Crippen LogP contribution in [-0.4, -0.2) is 57.2 Å². The van der Waals surface area contributed by atoms with E-state index in [0.717, 1.165) is 24.9 Å². The van der Waals surface area contributed by atoms with Gasteiger partial charge in [0.1, 0.15) is 0 Å². The molecule has 1 heterocycles. The number of halogens is 2. The molecule has 5 N–H and O–H groups in total. The van der Waals surface area contributed by atoms with Gasteiger partial charge in [0.25, 0.3) is 10.0 Å².